The number of amides is 1. The Balaban J connectivity index is 2.05. The van der Waals surface area contributed by atoms with Crippen molar-refractivity contribution in [2.75, 3.05) is 11.1 Å². The maximum Gasteiger partial charge on any atom is 0.416 e. The van der Waals surface area contributed by atoms with Crippen molar-refractivity contribution in [3.05, 3.63) is 59.7 Å². The standard InChI is InChI=1S/C16H14F3NO2S/c17-16(18,19)12-6-11(9-21)7-13(8-12)20-15(22)10-23-14-4-2-1-3-5-14/h1-8,21H,9-10H2,(H,20,22). The molecule has 2 aromatic carbocycles. The first-order valence-corrected chi connectivity index (χ1v) is 7.67. The van der Waals surface area contributed by atoms with Gasteiger partial charge in [0.2, 0.25) is 5.91 Å². The highest BCUT2D eigenvalue weighted by Crippen LogP contribution is 2.32. The van der Waals surface area contributed by atoms with E-state index in [0.717, 1.165) is 17.0 Å². The Kier molecular flexibility index (Phi) is 5.68. The van der Waals surface area contributed by atoms with Crippen LogP contribution in [0.1, 0.15) is 11.1 Å². The molecule has 0 saturated heterocycles. The summed E-state index contributed by atoms with van der Waals surface area (Å²) in [4.78, 5) is 12.8. The average Bonchev–Trinajstić information content (AvgIpc) is 2.52. The van der Waals surface area contributed by atoms with E-state index in [1.807, 2.05) is 30.3 Å². The van der Waals surface area contributed by atoms with Gasteiger partial charge in [-0.25, -0.2) is 0 Å². The monoisotopic (exact) mass is 341 g/mol. The summed E-state index contributed by atoms with van der Waals surface area (Å²) in [6, 6.07) is 12.2. The van der Waals surface area contributed by atoms with Crippen molar-refractivity contribution in [1.82, 2.24) is 0 Å². The minimum atomic E-state index is -4.54. The average molecular weight is 341 g/mol. The molecular formula is C16H14F3NO2S. The van der Waals surface area contributed by atoms with Gasteiger partial charge >= 0.3 is 6.18 Å². The summed E-state index contributed by atoms with van der Waals surface area (Å²) < 4.78 is 38.4. The number of benzene rings is 2. The lowest BCUT2D eigenvalue weighted by Crippen LogP contribution is -2.15. The third-order valence-corrected chi connectivity index (χ3v) is 3.91. The SMILES string of the molecule is O=C(CSc1ccccc1)Nc1cc(CO)cc(C(F)(F)F)c1. The highest BCUT2D eigenvalue weighted by molar-refractivity contribution is 8.00. The number of hydrogen-bond donors (Lipinski definition) is 2. The van der Waals surface area contributed by atoms with Crippen LogP contribution in [0.25, 0.3) is 0 Å². The third-order valence-electron chi connectivity index (χ3n) is 2.90. The molecule has 0 saturated carbocycles. The molecule has 1 amide bonds. The van der Waals surface area contributed by atoms with Crippen molar-refractivity contribution in [3.63, 3.8) is 0 Å². The lowest BCUT2D eigenvalue weighted by molar-refractivity contribution is -0.137. The molecule has 0 radical (unpaired) electrons. The number of nitrogens with one attached hydrogen (secondary N) is 1. The predicted octanol–water partition coefficient (Wildman–Crippen LogP) is 3.93. The van der Waals surface area contributed by atoms with Crippen LogP contribution in [0.2, 0.25) is 0 Å². The van der Waals surface area contributed by atoms with Crippen LogP contribution in [0.15, 0.2) is 53.4 Å². The van der Waals surface area contributed by atoms with E-state index in [2.05, 4.69) is 5.32 Å². The summed E-state index contributed by atoms with van der Waals surface area (Å²) in [5, 5.41) is 11.5. The fourth-order valence-electron chi connectivity index (χ4n) is 1.88. The van der Waals surface area contributed by atoms with Crippen LogP contribution in [0.4, 0.5) is 18.9 Å². The van der Waals surface area contributed by atoms with E-state index < -0.39 is 24.3 Å². The Labute approximate surface area is 135 Å². The number of thioether (sulfide) groups is 1. The molecule has 0 aliphatic heterocycles. The van der Waals surface area contributed by atoms with Crippen molar-refractivity contribution in [2.24, 2.45) is 0 Å². The molecule has 2 aromatic rings. The quantitative estimate of drug-likeness (QED) is 0.810. The summed E-state index contributed by atoms with van der Waals surface area (Å²) in [5.74, 6) is -0.337. The minimum absolute atomic E-state index is 0.0162. The van der Waals surface area contributed by atoms with Crippen molar-refractivity contribution in [3.8, 4) is 0 Å². The summed E-state index contributed by atoms with van der Waals surface area (Å²) in [6.45, 7) is -0.536. The minimum Gasteiger partial charge on any atom is -0.392 e. The van der Waals surface area contributed by atoms with Crippen LogP contribution in [-0.2, 0) is 17.6 Å². The number of rotatable bonds is 5. The van der Waals surface area contributed by atoms with Crippen molar-refractivity contribution in [1.29, 1.82) is 0 Å². The number of anilines is 1. The molecule has 0 atom stereocenters. The second-order valence-electron chi connectivity index (χ2n) is 4.72. The Morgan fingerprint density at radius 2 is 1.83 bits per heavy atom. The van der Waals surface area contributed by atoms with Crippen molar-refractivity contribution >= 4 is 23.4 Å². The van der Waals surface area contributed by atoms with E-state index in [9.17, 15) is 18.0 Å². The van der Waals surface area contributed by atoms with Crippen LogP contribution in [0.3, 0.4) is 0 Å². The normalized spacial score (nSPS) is 11.3. The zero-order valence-electron chi connectivity index (χ0n) is 11.9. The first-order valence-electron chi connectivity index (χ1n) is 6.68. The fraction of sp³-hybridized carbons (Fsp3) is 0.188. The Hall–Kier alpha value is -1.99. The second kappa shape index (κ2) is 7.52. The molecule has 0 aliphatic rings. The number of alkyl halides is 3. The van der Waals surface area contributed by atoms with Crippen LogP contribution in [-0.4, -0.2) is 16.8 Å². The molecule has 0 heterocycles. The molecule has 3 nitrogen and oxygen atoms in total. The van der Waals surface area contributed by atoms with E-state index >= 15 is 0 Å². The first kappa shape index (κ1) is 17.4. The number of aliphatic hydroxyl groups is 1. The van der Waals surface area contributed by atoms with Gasteiger partial charge < -0.3 is 10.4 Å². The molecule has 0 fully saturated rings. The lowest BCUT2D eigenvalue weighted by Gasteiger charge is -2.12. The van der Waals surface area contributed by atoms with E-state index in [-0.39, 0.29) is 17.0 Å². The molecule has 0 spiro atoms. The van der Waals surface area contributed by atoms with Gasteiger partial charge in [-0.2, -0.15) is 13.2 Å². The molecule has 0 aliphatic carbocycles. The summed E-state index contributed by atoms with van der Waals surface area (Å²) >= 11 is 1.28. The molecule has 2 rings (SSSR count). The molecule has 122 valence electrons. The van der Waals surface area contributed by atoms with E-state index in [4.69, 9.17) is 5.11 Å². The van der Waals surface area contributed by atoms with Crippen molar-refractivity contribution < 1.29 is 23.1 Å². The molecule has 0 aromatic heterocycles. The summed E-state index contributed by atoms with van der Waals surface area (Å²) in [7, 11) is 0. The molecule has 0 bridgehead atoms. The number of halogens is 3. The largest absolute Gasteiger partial charge is 0.416 e. The molecule has 7 heteroatoms. The topological polar surface area (TPSA) is 49.3 Å². The van der Waals surface area contributed by atoms with Gasteiger partial charge in [-0.3, -0.25) is 4.79 Å². The summed E-state index contributed by atoms with van der Waals surface area (Å²) in [5.41, 5.74) is -0.802. The van der Waals surface area contributed by atoms with E-state index in [0.29, 0.717) is 0 Å². The number of aliphatic hydroxyl groups excluding tert-OH is 1. The van der Waals surface area contributed by atoms with E-state index in [1.165, 1.54) is 17.8 Å². The maximum absolute atomic E-state index is 12.8. The van der Waals surface area contributed by atoms with Crippen LogP contribution >= 0.6 is 11.8 Å². The summed E-state index contributed by atoms with van der Waals surface area (Å²) in [6.07, 6.45) is -4.54. The molecule has 2 N–H and O–H groups in total. The maximum atomic E-state index is 12.8. The van der Waals surface area contributed by atoms with Gasteiger partial charge in [0.05, 0.1) is 17.9 Å². The Morgan fingerprint density at radius 3 is 2.43 bits per heavy atom. The van der Waals surface area contributed by atoms with Gasteiger partial charge in [0.15, 0.2) is 0 Å². The predicted molar refractivity (Wildman–Crippen MR) is 83.2 cm³/mol. The van der Waals surface area contributed by atoms with Gasteiger partial charge in [-0.05, 0) is 35.9 Å². The van der Waals surface area contributed by atoms with Gasteiger partial charge in [-0.1, -0.05) is 18.2 Å². The number of hydrogen-bond acceptors (Lipinski definition) is 3. The first-order chi connectivity index (χ1) is 10.9. The molecule has 0 unspecified atom stereocenters. The Morgan fingerprint density at radius 1 is 1.13 bits per heavy atom. The highest BCUT2D eigenvalue weighted by atomic mass is 32.2. The van der Waals surface area contributed by atoms with Crippen LogP contribution in [0, 0.1) is 0 Å². The number of carbonyl (C=O) groups is 1. The zero-order chi connectivity index (χ0) is 16.9. The van der Waals surface area contributed by atoms with Gasteiger partial charge in [0.25, 0.3) is 0 Å². The zero-order valence-corrected chi connectivity index (χ0v) is 12.7. The highest BCUT2D eigenvalue weighted by Gasteiger charge is 2.31. The van der Waals surface area contributed by atoms with Crippen LogP contribution in [0.5, 0.6) is 0 Å². The van der Waals surface area contributed by atoms with Gasteiger partial charge in [0.1, 0.15) is 0 Å². The third kappa shape index (κ3) is 5.30. The lowest BCUT2D eigenvalue weighted by atomic mass is 10.1. The molecule has 23 heavy (non-hydrogen) atoms. The second-order valence-corrected chi connectivity index (χ2v) is 5.77. The Bertz CT molecular complexity index is 675. The van der Waals surface area contributed by atoms with Gasteiger partial charge in [-0.15, -0.1) is 11.8 Å². The van der Waals surface area contributed by atoms with Crippen molar-refractivity contribution in [2.45, 2.75) is 17.7 Å². The number of carbonyl (C=O) groups excluding carboxylic acids is 1. The van der Waals surface area contributed by atoms with Crippen LogP contribution < -0.4 is 5.32 Å². The van der Waals surface area contributed by atoms with E-state index in [1.54, 1.807) is 0 Å². The van der Waals surface area contributed by atoms with Gasteiger partial charge in [0, 0.05) is 10.6 Å². The smallest absolute Gasteiger partial charge is 0.392 e. The fourth-order valence-corrected chi connectivity index (χ4v) is 2.60. The molecular weight excluding hydrogens is 327 g/mol.